The number of rotatable bonds is 3. The average molecular weight is 321 g/mol. The molecule has 0 atom stereocenters. The molecule has 0 bridgehead atoms. The van der Waals surface area contributed by atoms with Gasteiger partial charge < -0.3 is 4.74 Å². The van der Waals surface area contributed by atoms with Crippen molar-refractivity contribution in [2.24, 2.45) is 5.92 Å². The minimum atomic E-state index is -0.514. The first-order valence-electron chi connectivity index (χ1n) is 6.32. The van der Waals surface area contributed by atoms with E-state index in [1.807, 2.05) is 0 Å². The molecule has 1 saturated carbocycles. The maximum atomic E-state index is 12.0. The summed E-state index contributed by atoms with van der Waals surface area (Å²) in [7, 11) is 0. The Hall–Kier alpha value is -0.440. The lowest BCUT2D eigenvalue weighted by molar-refractivity contribution is 0.0410. The van der Waals surface area contributed by atoms with Crippen molar-refractivity contribution >= 4 is 40.8 Å². The lowest BCUT2D eigenvalue weighted by atomic mass is 9.90. The molecule has 19 heavy (non-hydrogen) atoms. The zero-order chi connectivity index (χ0) is 13.8. The van der Waals surface area contributed by atoms with Gasteiger partial charge in [-0.15, -0.1) is 0 Å². The molecule has 0 heterocycles. The first-order valence-corrected chi connectivity index (χ1v) is 7.45. The van der Waals surface area contributed by atoms with Crippen LogP contribution in [-0.4, -0.2) is 12.6 Å². The fourth-order valence-corrected chi connectivity index (χ4v) is 2.91. The monoisotopic (exact) mass is 319 g/mol. The fraction of sp³-hybridized carbons (Fsp3) is 0.500. The van der Waals surface area contributed by atoms with E-state index in [0.29, 0.717) is 12.5 Å². The number of benzene rings is 1. The summed E-state index contributed by atoms with van der Waals surface area (Å²) in [6, 6.07) is 4.13. The van der Waals surface area contributed by atoms with Crippen molar-refractivity contribution in [3.63, 3.8) is 0 Å². The SMILES string of the molecule is O=C(OCC1CCCCC1)c1[c]c(Cl)cc(Cl)c1Cl. The second-order valence-corrected chi connectivity index (χ2v) is 5.95. The van der Waals surface area contributed by atoms with Crippen molar-refractivity contribution in [2.75, 3.05) is 6.61 Å². The Labute approximate surface area is 128 Å². The van der Waals surface area contributed by atoms with Crippen molar-refractivity contribution < 1.29 is 9.53 Å². The maximum absolute atomic E-state index is 12.0. The number of esters is 1. The van der Waals surface area contributed by atoms with E-state index in [1.165, 1.54) is 25.3 Å². The van der Waals surface area contributed by atoms with Crippen LogP contribution >= 0.6 is 34.8 Å². The third kappa shape index (κ3) is 4.01. The molecule has 5 heteroatoms. The first kappa shape index (κ1) is 15.0. The standard InChI is InChI=1S/C14H14Cl3O2/c15-10-6-11(13(17)12(16)7-10)14(18)19-8-9-4-2-1-3-5-9/h7,9H,1-5,8H2. The van der Waals surface area contributed by atoms with Crippen LogP contribution in [-0.2, 0) is 4.74 Å². The number of ether oxygens (including phenoxy) is 1. The largest absolute Gasteiger partial charge is 0.462 e. The lowest BCUT2D eigenvalue weighted by Crippen LogP contribution is -2.17. The van der Waals surface area contributed by atoms with Crippen LogP contribution in [0.15, 0.2) is 6.07 Å². The molecule has 1 radical (unpaired) electrons. The molecule has 1 aliphatic carbocycles. The van der Waals surface area contributed by atoms with Gasteiger partial charge in [0.05, 0.1) is 27.2 Å². The molecule has 0 aliphatic heterocycles. The van der Waals surface area contributed by atoms with Crippen molar-refractivity contribution in [2.45, 2.75) is 32.1 Å². The Bertz CT molecular complexity index is 468. The first-order chi connectivity index (χ1) is 9.08. The van der Waals surface area contributed by atoms with Crippen LogP contribution in [0.25, 0.3) is 0 Å². The topological polar surface area (TPSA) is 26.3 Å². The third-order valence-electron chi connectivity index (χ3n) is 3.31. The van der Waals surface area contributed by atoms with Gasteiger partial charge in [-0.25, -0.2) is 4.79 Å². The highest BCUT2D eigenvalue weighted by atomic mass is 35.5. The van der Waals surface area contributed by atoms with Crippen LogP contribution in [0.5, 0.6) is 0 Å². The summed E-state index contributed by atoms with van der Waals surface area (Å²) in [5.74, 6) is -0.0638. The Kier molecular flexibility index (Phi) is 5.37. The second-order valence-electron chi connectivity index (χ2n) is 4.76. The minimum absolute atomic E-state index is 0.106. The van der Waals surface area contributed by atoms with Crippen molar-refractivity contribution in [1.82, 2.24) is 0 Å². The molecular weight excluding hydrogens is 307 g/mol. The lowest BCUT2D eigenvalue weighted by Gasteiger charge is -2.21. The second kappa shape index (κ2) is 6.83. The summed E-state index contributed by atoms with van der Waals surface area (Å²) in [5, 5.41) is 0.619. The molecule has 0 saturated heterocycles. The molecule has 0 amide bonds. The number of hydrogen-bond acceptors (Lipinski definition) is 2. The van der Waals surface area contributed by atoms with E-state index in [1.54, 1.807) is 0 Å². The molecule has 1 fully saturated rings. The minimum Gasteiger partial charge on any atom is -0.462 e. The van der Waals surface area contributed by atoms with Crippen LogP contribution in [0.2, 0.25) is 15.1 Å². The summed E-state index contributed by atoms with van der Waals surface area (Å²) in [6.07, 6.45) is 5.91. The van der Waals surface area contributed by atoms with Gasteiger partial charge >= 0.3 is 5.97 Å². The summed E-state index contributed by atoms with van der Waals surface area (Å²) in [4.78, 5) is 12.0. The Morgan fingerprint density at radius 3 is 2.63 bits per heavy atom. The predicted molar refractivity (Wildman–Crippen MR) is 77.2 cm³/mol. The van der Waals surface area contributed by atoms with Gasteiger partial charge in [-0.2, -0.15) is 0 Å². The van der Waals surface area contributed by atoms with Crippen LogP contribution in [0.4, 0.5) is 0 Å². The number of carbonyl (C=O) groups excluding carboxylic acids is 1. The van der Waals surface area contributed by atoms with Gasteiger partial charge in [0.1, 0.15) is 0 Å². The Morgan fingerprint density at radius 2 is 1.95 bits per heavy atom. The van der Waals surface area contributed by atoms with E-state index in [0.717, 1.165) is 12.8 Å². The Morgan fingerprint density at radius 1 is 1.26 bits per heavy atom. The molecule has 2 rings (SSSR count). The van der Waals surface area contributed by atoms with Gasteiger partial charge in [0.25, 0.3) is 0 Å². The van der Waals surface area contributed by atoms with Crippen LogP contribution in [0, 0.1) is 12.0 Å². The van der Waals surface area contributed by atoms with Crippen molar-refractivity contribution in [3.8, 4) is 0 Å². The van der Waals surface area contributed by atoms with E-state index >= 15 is 0 Å². The van der Waals surface area contributed by atoms with Crippen LogP contribution in [0.1, 0.15) is 42.5 Å². The molecule has 2 nitrogen and oxygen atoms in total. The van der Waals surface area contributed by atoms with E-state index in [2.05, 4.69) is 6.07 Å². The molecule has 1 aromatic carbocycles. The van der Waals surface area contributed by atoms with E-state index < -0.39 is 5.97 Å². The van der Waals surface area contributed by atoms with Crippen molar-refractivity contribution in [1.29, 1.82) is 0 Å². The maximum Gasteiger partial charge on any atom is 0.340 e. The molecule has 103 valence electrons. The Balaban J connectivity index is 1.99. The molecule has 0 aromatic heterocycles. The van der Waals surface area contributed by atoms with E-state index in [9.17, 15) is 4.79 Å². The molecule has 1 aromatic rings. The molecule has 0 unspecified atom stereocenters. The number of carbonyl (C=O) groups is 1. The zero-order valence-electron chi connectivity index (χ0n) is 10.3. The average Bonchev–Trinajstić information content (AvgIpc) is 2.41. The molecule has 1 aliphatic rings. The van der Waals surface area contributed by atoms with Gasteiger partial charge in [0, 0.05) is 6.07 Å². The quantitative estimate of drug-likeness (QED) is 0.566. The van der Waals surface area contributed by atoms with E-state index in [-0.39, 0.29) is 20.6 Å². The van der Waals surface area contributed by atoms with Crippen LogP contribution < -0.4 is 0 Å². The normalized spacial score (nSPS) is 16.4. The van der Waals surface area contributed by atoms with Crippen LogP contribution in [0.3, 0.4) is 0 Å². The van der Waals surface area contributed by atoms with Crippen molar-refractivity contribution in [3.05, 3.63) is 32.8 Å². The highest BCUT2D eigenvalue weighted by molar-refractivity contribution is 6.44. The number of halogens is 3. The summed E-state index contributed by atoms with van der Waals surface area (Å²) < 4.78 is 5.29. The molecule has 0 N–H and O–H groups in total. The molecule has 0 spiro atoms. The number of hydrogen-bond donors (Lipinski definition) is 0. The highest BCUT2D eigenvalue weighted by Gasteiger charge is 2.19. The molecular formula is C14H14Cl3O2. The predicted octanol–water partition coefficient (Wildman–Crippen LogP) is 5.18. The highest BCUT2D eigenvalue weighted by Crippen LogP contribution is 2.30. The third-order valence-corrected chi connectivity index (χ3v) is 4.30. The van der Waals surface area contributed by atoms with Gasteiger partial charge in [-0.1, -0.05) is 54.1 Å². The summed E-state index contributed by atoms with van der Waals surface area (Å²) >= 11 is 17.6. The van der Waals surface area contributed by atoms with Gasteiger partial charge in [-0.3, -0.25) is 0 Å². The summed E-state index contributed by atoms with van der Waals surface area (Å²) in [6.45, 7) is 0.424. The van der Waals surface area contributed by atoms with Gasteiger partial charge in [-0.05, 0) is 24.8 Å². The van der Waals surface area contributed by atoms with Gasteiger partial charge in [0.15, 0.2) is 0 Å². The van der Waals surface area contributed by atoms with Gasteiger partial charge in [0.2, 0.25) is 0 Å². The smallest absolute Gasteiger partial charge is 0.340 e. The van der Waals surface area contributed by atoms with E-state index in [4.69, 9.17) is 39.5 Å². The summed E-state index contributed by atoms with van der Waals surface area (Å²) in [5.41, 5.74) is 0.106. The fourth-order valence-electron chi connectivity index (χ4n) is 2.26. The zero-order valence-corrected chi connectivity index (χ0v) is 12.6.